The van der Waals surface area contributed by atoms with E-state index in [0.717, 1.165) is 12.3 Å². The zero-order chi connectivity index (χ0) is 15.6. The molecule has 110 valence electrons. The molecule has 0 radical (unpaired) electrons. The lowest BCUT2D eigenvalue weighted by atomic mass is 10.0. The number of hydrogen-bond donors (Lipinski definition) is 0. The number of ketones is 1. The molecule has 0 spiro atoms. The van der Waals surface area contributed by atoms with Gasteiger partial charge in [0.15, 0.2) is 15.6 Å². The smallest absolute Gasteiger partial charge is 0.196 e. The van der Waals surface area contributed by atoms with Gasteiger partial charge in [0.1, 0.15) is 11.6 Å². The summed E-state index contributed by atoms with van der Waals surface area (Å²) >= 11 is 0. The number of sulfone groups is 1. The molecule has 0 aliphatic heterocycles. The Labute approximate surface area is 122 Å². The van der Waals surface area contributed by atoms with Gasteiger partial charge in [0, 0.05) is 11.8 Å². The molecule has 2 aromatic rings. The Morgan fingerprint density at radius 1 is 1.10 bits per heavy atom. The Morgan fingerprint density at radius 3 is 2.24 bits per heavy atom. The van der Waals surface area contributed by atoms with Crippen LogP contribution in [0.3, 0.4) is 0 Å². The molecule has 0 aliphatic rings. The minimum Gasteiger partial charge on any atom is -0.496 e. The van der Waals surface area contributed by atoms with Gasteiger partial charge in [-0.15, -0.1) is 0 Å². The van der Waals surface area contributed by atoms with E-state index in [2.05, 4.69) is 0 Å². The van der Waals surface area contributed by atoms with Crippen molar-refractivity contribution in [3.63, 3.8) is 0 Å². The van der Waals surface area contributed by atoms with E-state index in [0.29, 0.717) is 0 Å². The van der Waals surface area contributed by atoms with Crippen molar-refractivity contribution in [1.82, 2.24) is 0 Å². The molecule has 2 aromatic carbocycles. The summed E-state index contributed by atoms with van der Waals surface area (Å²) in [6.07, 6.45) is 1.08. The summed E-state index contributed by atoms with van der Waals surface area (Å²) in [5.41, 5.74) is 0.343. The molecular formula is C15H13FO4S. The second-order valence-electron chi connectivity index (χ2n) is 4.47. The predicted molar refractivity (Wildman–Crippen MR) is 75.9 cm³/mol. The van der Waals surface area contributed by atoms with Gasteiger partial charge in [0.25, 0.3) is 0 Å². The molecule has 0 saturated heterocycles. The van der Waals surface area contributed by atoms with E-state index in [4.69, 9.17) is 4.74 Å². The molecule has 0 unspecified atom stereocenters. The standard InChI is InChI=1S/C15H13FO4S/c1-20-14-8-5-11(16)9-13(14)15(17)10-3-6-12(7-4-10)21(2,18)19/h3-9H,1-2H3. The molecule has 0 atom stereocenters. The third-order valence-corrected chi connectivity index (χ3v) is 4.08. The lowest BCUT2D eigenvalue weighted by Gasteiger charge is -2.08. The van der Waals surface area contributed by atoms with Crippen molar-refractivity contribution in [2.75, 3.05) is 13.4 Å². The Kier molecular flexibility index (Phi) is 4.09. The zero-order valence-electron chi connectivity index (χ0n) is 11.5. The molecular weight excluding hydrogens is 295 g/mol. The first-order valence-corrected chi connectivity index (χ1v) is 7.90. The number of benzene rings is 2. The van der Waals surface area contributed by atoms with Crippen LogP contribution >= 0.6 is 0 Å². The molecule has 4 nitrogen and oxygen atoms in total. The van der Waals surface area contributed by atoms with E-state index in [9.17, 15) is 17.6 Å². The van der Waals surface area contributed by atoms with Crippen molar-refractivity contribution < 1.29 is 22.3 Å². The van der Waals surface area contributed by atoms with Crippen molar-refractivity contribution in [2.45, 2.75) is 4.90 Å². The summed E-state index contributed by atoms with van der Waals surface area (Å²) in [5, 5.41) is 0. The molecule has 21 heavy (non-hydrogen) atoms. The first kappa shape index (κ1) is 15.2. The molecule has 2 rings (SSSR count). The molecule has 0 saturated carbocycles. The summed E-state index contributed by atoms with van der Waals surface area (Å²) < 4.78 is 41.1. The molecule has 6 heteroatoms. The summed E-state index contributed by atoms with van der Waals surface area (Å²) in [4.78, 5) is 12.5. The molecule has 0 fully saturated rings. The highest BCUT2D eigenvalue weighted by Crippen LogP contribution is 2.23. The second kappa shape index (κ2) is 5.65. The van der Waals surface area contributed by atoms with E-state index < -0.39 is 21.4 Å². The number of halogens is 1. The van der Waals surface area contributed by atoms with E-state index >= 15 is 0 Å². The van der Waals surface area contributed by atoms with Crippen LogP contribution in [0.5, 0.6) is 5.75 Å². The maximum atomic E-state index is 13.3. The number of hydrogen-bond acceptors (Lipinski definition) is 4. The highest BCUT2D eigenvalue weighted by atomic mass is 32.2. The third kappa shape index (κ3) is 3.28. The Hall–Kier alpha value is -2.21. The highest BCUT2D eigenvalue weighted by Gasteiger charge is 2.16. The summed E-state index contributed by atoms with van der Waals surface area (Å²) in [6.45, 7) is 0. The average Bonchev–Trinajstić information content (AvgIpc) is 2.45. The number of rotatable bonds is 4. The molecule has 0 aliphatic carbocycles. The van der Waals surface area contributed by atoms with Crippen LogP contribution in [0.2, 0.25) is 0 Å². The van der Waals surface area contributed by atoms with Gasteiger partial charge in [-0.1, -0.05) is 0 Å². The Bertz CT molecular complexity index is 780. The topological polar surface area (TPSA) is 60.4 Å². The van der Waals surface area contributed by atoms with Gasteiger partial charge in [-0.2, -0.15) is 0 Å². The normalized spacial score (nSPS) is 11.2. The average molecular weight is 308 g/mol. The fourth-order valence-electron chi connectivity index (χ4n) is 1.87. The molecule has 0 bridgehead atoms. The van der Waals surface area contributed by atoms with Crippen LogP contribution in [0, 0.1) is 5.82 Å². The van der Waals surface area contributed by atoms with Gasteiger partial charge >= 0.3 is 0 Å². The van der Waals surface area contributed by atoms with Crippen molar-refractivity contribution in [3.05, 3.63) is 59.4 Å². The second-order valence-corrected chi connectivity index (χ2v) is 6.49. The number of carbonyl (C=O) groups excluding carboxylic acids is 1. The van der Waals surface area contributed by atoms with Gasteiger partial charge < -0.3 is 4.74 Å². The van der Waals surface area contributed by atoms with Crippen LogP contribution in [0.25, 0.3) is 0 Å². The first-order valence-electron chi connectivity index (χ1n) is 6.01. The lowest BCUT2D eigenvalue weighted by molar-refractivity contribution is 0.103. The minimum absolute atomic E-state index is 0.0876. The van der Waals surface area contributed by atoms with Crippen LogP contribution in [0.1, 0.15) is 15.9 Å². The Balaban J connectivity index is 2.43. The summed E-state index contributed by atoms with van der Waals surface area (Å²) in [6, 6.07) is 9.12. The number of ether oxygens (including phenoxy) is 1. The van der Waals surface area contributed by atoms with Crippen LogP contribution in [-0.4, -0.2) is 27.6 Å². The Morgan fingerprint density at radius 2 is 1.71 bits per heavy atom. The van der Waals surface area contributed by atoms with Crippen LogP contribution in [0.4, 0.5) is 4.39 Å². The fraction of sp³-hybridized carbons (Fsp3) is 0.133. The minimum atomic E-state index is -3.33. The molecule has 0 aromatic heterocycles. The van der Waals surface area contributed by atoms with Gasteiger partial charge in [-0.05, 0) is 42.5 Å². The summed E-state index contributed by atoms with van der Waals surface area (Å²) in [7, 11) is -1.94. The van der Waals surface area contributed by atoms with E-state index in [1.165, 1.54) is 43.5 Å². The zero-order valence-corrected chi connectivity index (χ0v) is 12.3. The van der Waals surface area contributed by atoms with Gasteiger partial charge in [-0.25, -0.2) is 12.8 Å². The maximum Gasteiger partial charge on any atom is 0.196 e. The van der Waals surface area contributed by atoms with Crippen molar-refractivity contribution >= 4 is 15.6 Å². The van der Waals surface area contributed by atoms with Crippen LogP contribution < -0.4 is 4.74 Å². The molecule has 0 N–H and O–H groups in total. The SMILES string of the molecule is COc1ccc(F)cc1C(=O)c1ccc(S(C)(=O)=O)cc1. The quantitative estimate of drug-likeness (QED) is 0.814. The van der Waals surface area contributed by atoms with Crippen molar-refractivity contribution in [2.24, 2.45) is 0 Å². The van der Waals surface area contributed by atoms with Crippen molar-refractivity contribution in [1.29, 1.82) is 0 Å². The van der Waals surface area contributed by atoms with E-state index in [1.54, 1.807) is 0 Å². The molecule has 0 amide bonds. The van der Waals surface area contributed by atoms with Gasteiger partial charge in [-0.3, -0.25) is 4.79 Å². The fourth-order valence-corrected chi connectivity index (χ4v) is 2.50. The lowest BCUT2D eigenvalue weighted by Crippen LogP contribution is -2.05. The summed E-state index contributed by atoms with van der Waals surface area (Å²) in [5.74, 6) is -0.730. The van der Waals surface area contributed by atoms with Crippen molar-refractivity contribution in [3.8, 4) is 5.75 Å². The van der Waals surface area contributed by atoms with Crippen LogP contribution in [0.15, 0.2) is 47.4 Å². The number of methoxy groups -OCH3 is 1. The third-order valence-electron chi connectivity index (χ3n) is 2.95. The highest BCUT2D eigenvalue weighted by molar-refractivity contribution is 7.90. The largest absolute Gasteiger partial charge is 0.496 e. The van der Waals surface area contributed by atoms with Crippen LogP contribution in [-0.2, 0) is 9.84 Å². The van der Waals surface area contributed by atoms with E-state index in [1.807, 2.05) is 0 Å². The monoisotopic (exact) mass is 308 g/mol. The maximum absolute atomic E-state index is 13.3. The van der Waals surface area contributed by atoms with E-state index in [-0.39, 0.29) is 21.8 Å². The first-order chi connectivity index (χ1) is 9.82. The van der Waals surface area contributed by atoms with Gasteiger partial charge in [0.05, 0.1) is 17.6 Å². The molecule has 0 heterocycles. The number of carbonyl (C=O) groups is 1. The van der Waals surface area contributed by atoms with Gasteiger partial charge in [0.2, 0.25) is 0 Å². The predicted octanol–water partition coefficient (Wildman–Crippen LogP) is 2.47.